The van der Waals surface area contributed by atoms with Gasteiger partial charge in [-0.05, 0) is 92.0 Å². The van der Waals surface area contributed by atoms with Crippen molar-refractivity contribution in [3.63, 3.8) is 0 Å². The fourth-order valence-corrected chi connectivity index (χ4v) is 6.75. The van der Waals surface area contributed by atoms with Crippen LogP contribution >= 0.6 is 31.9 Å². The summed E-state index contributed by atoms with van der Waals surface area (Å²) in [6, 6.07) is 0. The van der Waals surface area contributed by atoms with Crippen molar-refractivity contribution in [3.8, 4) is 0 Å². The predicted molar refractivity (Wildman–Crippen MR) is 187 cm³/mol. The summed E-state index contributed by atoms with van der Waals surface area (Å²) in [5, 5.41) is 0. The van der Waals surface area contributed by atoms with Gasteiger partial charge in [-0.2, -0.15) is 0 Å². The number of carbonyl (C=O) groups excluding carboxylic acids is 2. The molecule has 0 radical (unpaired) electrons. The highest BCUT2D eigenvalue weighted by Gasteiger charge is 2.31. The normalized spacial score (nSPS) is 16.9. The molecule has 0 unspecified atom stereocenters. The van der Waals surface area contributed by atoms with Gasteiger partial charge >= 0.3 is 11.9 Å². The molecule has 2 aliphatic rings. The van der Waals surface area contributed by atoms with Crippen LogP contribution < -0.4 is 9.98 Å². The number of aromatic nitrogens is 2. The molecule has 2 aliphatic heterocycles. The van der Waals surface area contributed by atoms with E-state index in [1.807, 2.05) is 11.2 Å². The molecule has 0 saturated heterocycles. The summed E-state index contributed by atoms with van der Waals surface area (Å²) in [7, 11) is 2.84. The Balaban J connectivity index is 1.79. The Bertz CT molecular complexity index is 1760. The molecule has 0 atom stereocenters. The van der Waals surface area contributed by atoms with Gasteiger partial charge in [0.1, 0.15) is 0 Å². The Morgan fingerprint density at radius 1 is 0.867 bits per heavy atom. The van der Waals surface area contributed by atoms with Gasteiger partial charge < -0.3 is 19.4 Å². The molecule has 8 nitrogen and oxygen atoms in total. The van der Waals surface area contributed by atoms with Crippen LogP contribution in [-0.4, -0.2) is 48.1 Å². The summed E-state index contributed by atoms with van der Waals surface area (Å²) in [5.41, 5.74) is 16.1. The van der Waals surface area contributed by atoms with E-state index < -0.39 is 0 Å². The lowest BCUT2D eigenvalue weighted by molar-refractivity contribution is -0.387. The molecular weight excluding hydrogens is 700 g/mol. The molecule has 0 fully saturated rings. The maximum absolute atomic E-state index is 12.2. The van der Waals surface area contributed by atoms with Crippen LogP contribution in [0.1, 0.15) is 85.1 Å². The van der Waals surface area contributed by atoms with Gasteiger partial charge in [0.25, 0.3) is 0 Å². The number of nitrogens with one attached hydrogen (secondary N) is 4. The van der Waals surface area contributed by atoms with Gasteiger partial charge in [-0.3, -0.25) is 9.59 Å². The maximum Gasteiger partial charge on any atom is 0.305 e. The number of methoxy groups -OCH3 is 2. The van der Waals surface area contributed by atoms with E-state index in [0.29, 0.717) is 19.3 Å². The first-order valence-corrected chi connectivity index (χ1v) is 16.6. The fourth-order valence-electron chi connectivity index (χ4n) is 5.93. The molecule has 10 heteroatoms. The number of aromatic amines is 2. The van der Waals surface area contributed by atoms with E-state index in [1.54, 1.807) is 0 Å². The van der Waals surface area contributed by atoms with Crippen LogP contribution in [0, 0.1) is 20.8 Å². The topological polar surface area (TPSA) is 112 Å². The van der Waals surface area contributed by atoms with E-state index in [9.17, 15) is 9.59 Å². The van der Waals surface area contributed by atoms with Gasteiger partial charge in [0.15, 0.2) is 11.9 Å². The van der Waals surface area contributed by atoms with Crippen LogP contribution in [0.4, 0.5) is 0 Å². The summed E-state index contributed by atoms with van der Waals surface area (Å²) in [4.78, 5) is 40.5. The second-order valence-corrected chi connectivity index (χ2v) is 12.8. The Kier molecular flexibility index (Phi) is 11.3. The Morgan fingerprint density at radius 3 is 2.09 bits per heavy atom. The molecule has 0 saturated carbocycles. The number of hydrogen-bond donors (Lipinski definition) is 4. The molecule has 2 aromatic heterocycles. The zero-order valence-electron chi connectivity index (χ0n) is 27.2. The first kappa shape index (κ1) is 34.4. The number of hydrogen-bond acceptors (Lipinski definition) is 4. The number of esters is 2. The number of rotatable bonds is 11. The zero-order valence-corrected chi connectivity index (χ0v) is 30.4. The lowest BCUT2D eigenvalue weighted by Gasteiger charge is -2.06. The molecule has 0 bridgehead atoms. The second kappa shape index (κ2) is 14.7. The van der Waals surface area contributed by atoms with E-state index in [0.717, 1.165) is 77.8 Å². The lowest BCUT2D eigenvalue weighted by Crippen LogP contribution is -2.69. The number of carbonyl (C=O) groups is 2. The number of allylic oxidation sites excluding steroid dienone is 4. The Hall–Kier alpha value is -3.50. The summed E-state index contributed by atoms with van der Waals surface area (Å²) in [6.45, 7) is 12.5. The number of ether oxygens (including phenoxy) is 2. The van der Waals surface area contributed by atoms with Crippen LogP contribution in [0.15, 0.2) is 38.7 Å². The highest BCUT2D eigenvalue weighted by Crippen LogP contribution is 2.33. The third-order valence-electron chi connectivity index (χ3n) is 8.81. The molecule has 2 aromatic rings. The Labute approximate surface area is 281 Å². The number of H-pyrrole nitrogens is 2. The van der Waals surface area contributed by atoms with E-state index in [2.05, 4.69) is 106 Å². The van der Waals surface area contributed by atoms with Crippen molar-refractivity contribution in [1.29, 1.82) is 0 Å². The average molecular weight is 743 g/mol. The SMILES string of the molecule is COC(=O)CCC1=C(C)/C(=C\c2[nH]c(C)c(/C(Br)=C/Br)c2C)[NH+]=C1Cc1[nH]c(/C=C2\[NH+]=CC(C)=C2C)c(C)c1CCC(=O)OC. The first-order valence-electron chi connectivity index (χ1n) is 14.9. The molecule has 0 amide bonds. The molecule has 45 heavy (non-hydrogen) atoms. The van der Waals surface area contributed by atoms with Gasteiger partial charge in [-0.15, -0.1) is 0 Å². The van der Waals surface area contributed by atoms with Crippen LogP contribution in [0.3, 0.4) is 0 Å². The monoisotopic (exact) mass is 740 g/mol. The third-order valence-corrected chi connectivity index (χ3v) is 10.5. The van der Waals surface area contributed by atoms with E-state index in [1.165, 1.54) is 25.4 Å². The van der Waals surface area contributed by atoms with Crippen molar-refractivity contribution >= 4 is 72.4 Å². The summed E-state index contributed by atoms with van der Waals surface area (Å²) in [5.74, 6) is -0.492. The minimum Gasteiger partial charge on any atom is -0.469 e. The third kappa shape index (κ3) is 7.49. The first-order chi connectivity index (χ1) is 21.4. The van der Waals surface area contributed by atoms with Crippen LogP contribution in [-0.2, 0) is 31.9 Å². The molecule has 0 aliphatic carbocycles. The maximum atomic E-state index is 12.2. The second-order valence-electron chi connectivity index (χ2n) is 11.5. The average Bonchev–Trinajstić information content (AvgIpc) is 3.69. The largest absolute Gasteiger partial charge is 0.469 e. The van der Waals surface area contributed by atoms with Gasteiger partial charge in [-0.1, -0.05) is 15.9 Å². The molecule has 4 rings (SSSR count). The molecular formula is C35H42Br2N4O4+2. The van der Waals surface area contributed by atoms with E-state index in [-0.39, 0.29) is 24.8 Å². The predicted octanol–water partition coefficient (Wildman–Crippen LogP) is 4.69. The van der Waals surface area contributed by atoms with Crippen molar-refractivity contribution in [2.75, 3.05) is 14.2 Å². The summed E-state index contributed by atoms with van der Waals surface area (Å²) < 4.78 is 10.9. The van der Waals surface area contributed by atoms with Crippen molar-refractivity contribution in [2.45, 2.75) is 73.6 Å². The molecule has 4 heterocycles. The quantitative estimate of drug-likeness (QED) is 0.251. The molecule has 0 aromatic carbocycles. The van der Waals surface area contributed by atoms with Crippen molar-refractivity contribution in [2.24, 2.45) is 0 Å². The summed E-state index contributed by atoms with van der Waals surface area (Å²) >= 11 is 7.09. The van der Waals surface area contributed by atoms with Gasteiger partial charge in [-0.25, -0.2) is 9.98 Å². The molecule has 238 valence electrons. The minimum absolute atomic E-state index is 0.244. The minimum atomic E-state index is -0.248. The van der Waals surface area contributed by atoms with Crippen molar-refractivity contribution in [1.82, 2.24) is 9.97 Å². The van der Waals surface area contributed by atoms with Crippen LogP contribution in [0.25, 0.3) is 16.6 Å². The van der Waals surface area contributed by atoms with Gasteiger partial charge in [0.05, 0.1) is 20.6 Å². The van der Waals surface area contributed by atoms with Crippen LogP contribution in [0.5, 0.6) is 0 Å². The van der Waals surface area contributed by atoms with Crippen molar-refractivity contribution < 1.29 is 29.0 Å². The number of halogens is 2. The highest BCUT2D eigenvalue weighted by molar-refractivity contribution is 9.16. The van der Waals surface area contributed by atoms with E-state index in [4.69, 9.17) is 9.47 Å². The number of aryl methyl sites for hydroxylation is 1. The fraction of sp³-hybridized carbons (Fsp3) is 0.371. The summed E-state index contributed by atoms with van der Waals surface area (Å²) in [6.07, 6.45) is 8.51. The Morgan fingerprint density at radius 2 is 1.49 bits per heavy atom. The standard InChI is InChI=1S/C35H40Br2N4O4/c1-18-17-38-27(19(18)2)13-28-20(3)24(9-11-33(42)44-7)31(40-28)15-32-25(10-12-34(43)45-8)21(4)29(41-32)14-30-22(5)35(23(6)39-30)26(37)16-36/h13-14,16-17,39-40H,9-12,15H2,1-8H3/p+2/b26-16-,27-13-,29-14+. The highest BCUT2D eigenvalue weighted by atomic mass is 79.9. The molecule has 0 spiro atoms. The molecule has 4 N–H and O–H groups in total. The van der Waals surface area contributed by atoms with Crippen LogP contribution in [0.2, 0.25) is 0 Å². The smallest absolute Gasteiger partial charge is 0.305 e. The van der Waals surface area contributed by atoms with Gasteiger partial charge in [0, 0.05) is 80.1 Å². The van der Waals surface area contributed by atoms with E-state index >= 15 is 0 Å². The zero-order chi connectivity index (χ0) is 33.0. The lowest BCUT2D eigenvalue weighted by atomic mass is 9.95. The van der Waals surface area contributed by atoms with Crippen molar-refractivity contribution in [3.05, 3.63) is 83.7 Å². The van der Waals surface area contributed by atoms with Gasteiger partial charge in [0.2, 0.25) is 11.4 Å².